The van der Waals surface area contributed by atoms with Gasteiger partial charge in [0.15, 0.2) is 16.7 Å². The van der Waals surface area contributed by atoms with Gasteiger partial charge in [-0.05, 0) is 74.7 Å². The summed E-state index contributed by atoms with van der Waals surface area (Å²) in [4.78, 5) is 11.3. The maximum Gasteiger partial charge on any atom is 0.220 e. The molecule has 0 amide bonds. The number of rotatable bonds is 11. The van der Waals surface area contributed by atoms with Gasteiger partial charge in [0.2, 0.25) is 6.54 Å². The highest BCUT2D eigenvalue weighted by atomic mass is 32.2. The lowest BCUT2D eigenvalue weighted by Gasteiger charge is -2.18. The number of thioether (sulfide) groups is 1. The number of nitro groups is 1. The van der Waals surface area contributed by atoms with E-state index in [1.165, 1.54) is 23.4 Å². The maximum absolute atomic E-state index is 14.0. The second kappa shape index (κ2) is 12.1. The van der Waals surface area contributed by atoms with E-state index in [0.29, 0.717) is 40.2 Å². The minimum absolute atomic E-state index is 0.0253. The molecule has 0 saturated heterocycles. The Balaban J connectivity index is 1.64. The number of hydrogen-bond acceptors (Lipinski definition) is 7. The minimum atomic E-state index is -0.571. The second-order valence-corrected chi connectivity index (χ2v) is 9.94. The highest BCUT2D eigenvalue weighted by molar-refractivity contribution is 7.99. The number of aromatic nitrogens is 3. The number of benzene rings is 3. The molecule has 10 heteroatoms. The first kappa shape index (κ1) is 27.1. The van der Waals surface area contributed by atoms with Crippen molar-refractivity contribution in [1.29, 1.82) is 0 Å². The molecule has 0 unspecified atom stereocenters. The molecule has 0 aliphatic carbocycles. The largest absolute Gasteiger partial charge is 0.490 e. The fourth-order valence-electron chi connectivity index (χ4n) is 3.94. The molecule has 0 aliphatic heterocycles. The fourth-order valence-corrected chi connectivity index (χ4v) is 5.10. The maximum atomic E-state index is 14.0. The predicted molar refractivity (Wildman–Crippen MR) is 144 cm³/mol. The Morgan fingerprint density at radius 2 is 1.79 bits per heavy atom. The van der Waals surface area contributed by atoms with E-state index in [-0.39, 0.29) is 23.9 Å². The molecule has 1 atom stereocenters. The zero-order chi connectivity index (χ0) is 27.2. The van der Waals surface area contributed by atoms with Crippen molar-refractivity contribution in [2.24, 2.45) is 0 Å². The molecular formula is C28H29FN4O4S. The molecule has 1 aromatic heterocycles. The van der Waals surface area contributed by atoms with Crippen molar-refractivity contribution in [2.75, 3.05) is 13.2 Å². The summed E-state index contributed by atoms with van der Waals surface area (Å²) in [5.74, 6) is 1.19. The smallest absolute Gasteiger partial charge is 0.220 e. The van der Waals surface area contributed by atoms with Crippen molar-refractivity contribution < 1.29 is 18.8 Å². The summed E-state index contributed by atoms with van der Waals surface area (Å²) < 4.78 is 27.6. The Morgan fingerprint density at radius 1 is 1.00 bits per heavy atom. The standard InChI is InChI=1S/C28H29FN4O4S/c1-5-36-26-15-21(11-13-25(26)37-17-22-8-6-7-9-24(22)29)27(16-32(34)35)38-28-31-30-20(4)33(28)23-12-10-18(2)19(3)14-23/h6-15,27H,5,16-17H2,1-4H3/t27-/m0/s1. The molecule has 0 fully saturated rings. The van der Waals surface area contributed by atoms with E-state index in [0.717, 1.165) is 11.3 Å². The van der Waals surface area contributed by atoms with Gasteiger partial charge in [-0.2, -0.15) is 0 Å². The van der Waals surface area contributed by atoms with Gasteiger partial charge >= 0.3 is 0 Å². The number of nitrogens with zero attached hydrogens (tertiary/aromatic N) is 4. The van der Waals surface area contributed by atoms with Gasteiger partial charge in [-0.25, -0.2) is 4.39 Å². The third kappa shape index (κ3) is 6.31. The summed E-state index contributed by atoms with van der Waals surface area (Å²) in [5.41, 5.74) is 4.29. The van der Waals surface area contributed by atoms with Crippen LogP contribution in [0.5, 0.6) is 11.5 Å². The van der Waals surface area contributed by atoms with Gasteiger partial charge in [0.05, 0.1) is 6.61 Å². The molecule has 8 nitrogen and oxygen atoms in total. The van der Waals surface area contributed by atoms with Crippen molar-refractivity contribution in [3.63, 3.8) is 0 Å². The Morgan fingerprint density at radius 3 is 2.50 bits per heavy atom. The molecule has 4 aromatic rings. The van der Waals surface area contributed by atoms with Gasteiger partial charge < -0.3 is 9.47 Å². The Kier molecular flexibility index (Phi) is 8.62. The highest BCUT2D eigenvalue weighted by Gasteiger charge is 2.25. The summed E-state index contributed by atoms with van der Waals surface area (Å²) >= 11 is 1.27. The summed E-state index contributed by atoms with van der Waals surface area (Å²) in [6.07, 6.45) is 0. The lowest BCUT2D eigenvalue weighted by molar-refractivity contribution is -0.479. The molecule has 4 rings (SSSR count). The summed E-state index contributed by atoms with van der Waals surface area (Å²) in [6, 6.07) is 17.7. The van der Waals surface area contributed by atoms with E-state index < -0.39 is 5.25 Å². The molecule has 38 heavy (non-hydrogen) atoms. The Bertz CT molecular complexity index is 1440. The normalized spacial score (nSPS) is 11.8. The molecule has 0 saturated carbocycles. The van der Waals surface area contributed by atoms with Gasteiger partial charge in [0.1, 0.15) is 23.5 Å². The van der Waals surface area contributed by atoms with Crippen LogP contribution in [0.25, 0.3) is 5.69 Å². The summed E-state index contributed by atoms with van der Waals surface area (Å²) in [7, 11) is 0. The van der Waals surface area contributed by atoms with Crippen LogP contribution in [-0.4, -0.2) is 32.8 Å². The number of halogens is 1. The quantitative estimate of drug-likeness (QED) is 0.124. The van der Waals surface area contributed by atoms with Gasteiger partial charge in [0.25, 0.3) is 0 Å². The van der Waals surface area contributed by atoms with Crippen LogP contribution in [0.1, 0.15) is 40.3 Å². The van der Waals surface area contributed by atoms with Gasteiger partial charge in [-0.15, -0.1) is 10.2 Å². The number of hydrogen-bond donors (Lipinski definition) is 0. The molecule has 198 valence electrons. The van der Waals surface area contributed by atoms with Crippen molar-refractivity contribution in [2.45, 2.75) is 44.7 Å². The first-order valence-corrected chi connectivity index (χ1v) is 13.1. The monoisotopic (exact) mass is 536 g/mol. The first-order valence-electron chi connectivity index (χ1n) is 12.2. The van der Waals surface area contributed by atoms with Crippen molar-refractivity contribution >= 4 is 11.8 Å². The molecule has 0 radical (unpaired) electrons. The van der Waals surface area contributed by atoms with Gasteiger partial charge in [0, 0.05) is 16.2 Å². The zero-order valence-electron chi connectivity index (χ0n) is 21.7. The van der Waals surface area contributed by atoms with Crippen LogP contribution in [0, 0.1) is 36.7 Å². The second-order valence-electron chi connectivity index (χ2n) is 8.77. The van der Waals surface area contributed by atoms with Crippen LogP contribution >= 0.6 is 11.8 Å². The van der Waals surface area contributed by atoms with Crippen LogP contribution in [0.15, 0.2) is 65.8 Å². The van der Waals surface area contributed by atoms with Crippen molar-refractivity contribution in [1.82, 2.24) is 14.8 Å². The predicted octanol–water partition coefficient (Wildman–Crippen LogP) is 6.42. The van der Waals surface area contributed by atoms with E-state index in [9.17, 15) is 14.5 Å². The SMILES string of the molecule is CCOc1cc([C@H](C[N+](=O)[O-])Sc2nnc(C)n2-c2ccc(C)c(C)c2)ccc1OCc1ccccc1F. The molecule has 0 spiro atoms. The molecule has 3 aromatic carbocycles. The lowest BCUT2D eigenvalue weighted by Crippen LogP contribution is -2.12. The lowest BCUT2D eigenvalue weighted by atomic mass is 10.1. The third-order valence-electron chi connectivity index (χ3n) is 6.09. The van der Waals surface area contributed by atoms with Crippen molar-refractivity contribution in [3.8, 4) is 17.2 Å². The summed E-state index contributed by atoms with van der Waals surface area (Å²) in [6.45, 7) is 7.83. The van der Waals surface area contributed by atoms with E-state index in [1.54, 1.807) is 36.4 Å². The van der Waals surface area contributed by atoms with E-state index >= 15 is 0 Å². The molecule has 0 N–H and O–H groups in total. The van der Waals surface area contributed by atoms with Crippen molar-refractivity contribution in [3.05, 3.63) is 105 Å². The minimum Gasteiger partial charge on any atom is -0.490 e. The van der Waals surface area contributed by atoms with E-state index in [1.807, 2.05) is 50.5 Å². The Hall–Kier alpha value is -3.92. The molecular weight excluding hydrogens is 507 g/mol. The van der Waals surface area contributed by atoms with Crippen LogP contribution in [-0.2, 0) is 6.61 Å². The Labute approximate surface area is 225 Å². The third-order valence-corrected chi connectivity index (χ3v) is 7.27. The number of aryl methyl sites for hydroxylation is 3. The first-order chi connectivity index (χ1) is 18.3. The summed E-state index contributed by atoms with van der Waals surface area (Å²) in [5, 5.41) is 20.2. The molecule has 0 aliphatic rings. The van der Waals surface area contributed by atoms with Crippen LogP contribution in [0.3, 0.4) is 0 Å². The average molecular weight is 537 g/mol. The topological polar surface area (TPSA) is 92.3 Å². The van der Waals surface area contributed by atoms with E-state index in [2.05, 4.69) is 10.2 Å². The van der Waals surface area contributed by atoms with Crippen LogP contribution < -0.4 is 9.47 Å². The zero-order valence-corrected chi connectivity index (χ0v) is 22.5. The molecule has 0 bridgehead atoms. The van der Waals surface area contributed by atoms with Crippen LogP contribution in [0.2, 0.25) is 0 Å². The highest BCUT2D eigenvalue weighted by Crippen LogP contribution is 2.40. The fraction of sp³-hybridized carbons (Fsp3) is 0.286. The van der Waals surface area contributed by atoms with Gasteiger partial charge in [-0.1, -0.05) is 42.1 Å². The van der Waals surface area contributed by atoms with Crippen LogP contribution in [0.4, 0.5) is 4.39 Å². The van der Waals surface area contributed by atoms with Gasteiger partial charge in [-0.3, -0.25) is 14.7 Å². The average Bonchev–Trinajstić information content (AvgIpc) is 3.25. The van der Waals surface area contributed by atoms with E-state index in [4.69, 9.17) is 9.47 Å². The molecule has 1 heterocycles. The number of ether oxygens (including phenoxy) is 2.